The molecule has 4 aromatic rings. The van der Waals surface area contributed by atoms with Crippen molar-refractivity contribution >= 4 is 46.0 Å². The van der Waals surface area contributed by atoms with Crippen molar-refractivity contribution in [2.75, 3.05) is 18.9 Å². The number of amides is 1. The molecule has 1 amide bonds. The molecule has 0 saturated carbocycles. The van der Waals surface area contributed by atoms with E-state index >= 15 is 0 Å². The maximum atomic E-state index is 13.5. The van der Waals surface area contributed by atoms with Gasteiger partial charge in [0.1, 0.15) is 30.0 Å². The zero-order chi connectivity index (χ0) is 29.1. The third kappa shape index (κ3) is 6.29. The van der Waals surface area contributed by atoms with Crippen LogP contribution in [-0.4, -0.2) is 38.9 Å². The normalized spacial score (nSPS) is 15.6. The van der Waals surface area contributed by atoms with Crippen molar-refractivity contribution in [2.24, 2.45) is 0 Å². The van der Waals surface area contributed by atoms with E-state index in [4.69, 9.17) is 38.4 Å². The number of nitrogens with two attached hydrogens (primary N) is 1. The molecule has 10 heteroatoms. The lowest BCUT2D eigenvalue weighted by Gasteiger charge is -2.35. The van der Waals surface area contributed by atoms with Gasteiger partial charge in [-0.2, -0.15) is 5.10 Å². The number of aryl methyl sites for hydroxylation is 1. The smallest absolute Gasteiger partial charge is 0.416 e. The number of nitrogens with zero attached hydrogens (tertiary/aromatic N) is 3. The molecule has 212 valence electrons. The summed E-state index contributed by atoms with van der Waals surface area (Å²) in [5.41, 5.74) is 10.7. The van der Waals surface area contributed by atoms with E-state index in [1.165, 1.54) is 6.08 Å². The molecule has 1 aliphatic rings. The Morgan fingerprint density at radius 3 is 2.68 bits per heavy atom. The lowest BCUT2D eigenvalue weighted by atomic mass is 9.92. The number of aromatic amines is 1. The topological polar surface area (TPSA) is 98.4 Å². The van der Waals surface area contributed by atoms with E-state index < -0.39 is 12.1 Å². The van der Waals surface area contributed by atoms with Gasteiger partial charge in [0.05, 0.1) is 6.54 Å². The minimum absolute atomic E-state index is 0.306. The molecule has 3 N–H and O–H groups in total. The van der Waals surface area contributed by atoms with Gasteiger partial charge in [-0.05, 0) is 80.0 Å². The number of H-pyrrole nitrogens is 1. The third-order valence-electron chi connectivity index (χ3n) is 6.97. The summed E-state index contributed by atoms with van der Waals surface area (Å²) in [7, 11) is 0. The third-order valence-corrected chi connectivity index (χ3v) is 7.34. The van der Waals surface area contributed by atoms with Crippen LogP contribution < -0.4 is 10.5 Å². The first kappa shape index (κ1) is 28.4. The molecule has 8 nitrogen and oxygen atoms in total. The maximum Gasteiger partial charge on any atom is 0.416 e. The van der Waals surface area contributed by atoms with Gasteiger partial charge in [-0.3, -0.25) is 9.58 Å². The van der Waals surface area contributed by atoms with Gasteiger partial charge in [-0.25, -0.2) is 4.79 Å². The average molecular weight is 593 g/mol. The van der Waals surface area contributed by atoms with Crippen LogP contribution in [0.25, 0.3) is 10.9 Å². The number of halogens is 2. The van der Waals surface area contributed by atoms with E-state index in [-0.39, 0.29) is 0 Å². The van der Waals surface area contributed by atoms with Gasteiger partial charge < -0.3 is 20.2 Å². The quantitative estimate of drug-likeness (QED) is 0.166. The second kappa shape index (κ2) is 12.2. The van der Waals surface area contributed by atoms with Crippen LogP contribution in [0.5, 0.6) is 5.75 Å². The van der Waals surface area contributed by atoms with Gasteiger partial charge in [0.2, 0.25) is 0 Å². The summed E-state index contributed by atoms with van der Waals surface area (Å²) in [4.78, 5) is 18.8. The molecule has 1 unspecified atom stereocenters. The van der Waals surface area contributed by atoms with E-state index in [0.717, 1.165) is 33.4 Å². The Morgan fingerprint density at radius 2 is 2.00 bits per heavy atom. The highest BCUT2D eigenvalue weighted by molar-refractivity contribution is 6.31. The van der Waals surface area contributed by atoms with Gasteiger partial charge in [0.25, 0.3) is 0 Å². The summed E-state index contributed by atoms with van der Waals surface area (Å²) in [5.74, 6) is 1.50. The van der Waals surface area contributed by atoms with E-state index in [9.17, 15) is 4.79 Å². The summed E-state index contributed by atoms with van der Waals surface area (Å²) in [6.45, 7) is 8.92. The average Bonchev–Trinajstić information content (AvgIpc) is 3.48. The molecule has 0 radical (unpaired) electrons. The molecule has 0 fully saturated rings. The fourth-order valence-electron chi connectivity index (χ4n) is 5.06. The molecule has 41 heavy (non-hydrogen) atoms. The van der Waals surface area contributed by atoms with Crippen LogP contribution >= 0.6 is 23.2 Å². The minimum atomic E-state index is -0.488. The van der Waals surface area contributed by atoms with Crippen molar-refractivity contribution in [2.45, 2.75) is 32.9 Å². The minimum Gasteiger partial charge on any atom is -0.492 e. The number of allylic oxidation sites excluding steroid dienone is 4. The standard InChI is InChI=1S/C31H31Cl2N5O3/c1-4-23(9-5-19(2)32)41-31(39)37-14-13-25-26-18-22(33)8-12-27(26)35-29(25)30(37)21-6-10-24(11-7-21)40-16-15-38-20(3)17-28(34)36-38/h4-12,17-18,30,35H,1,13-16H2,2-3H3,(H2,34,36). The molecule has 1 atom stereocenters. The Kier molecular flexibility index (Phi) is 8.42. The summed E-state index contributed by atoms with van der Waals surface area (Å²) in [6.07, 6.45) is 4.91. The van der Waals surface area contributed by atoms with Crippen molar-refractivity contribution in [3.05, 3.63) is 112 Å². The predicted octanol–water partition coefficient (Wildman–Crippen LogP) is 7.28. The second-order valence-electron chi connectivity index (χ2n) is 9.80. The van der Waals surface area contributed by atoms with Gasteiger partial charge in [0, 0.05) is 45.0 Å². The maximum absolute atomic E-state index is 13.5. The van der Waals surface area contributed by atoms with Crippen molar-refractivity contribution < 1.29 is 14.3 Å². The summed E-state index contributed by atoms with van der Waals surface area (Å²) >= 11 is 12.3. The van der Waals surface area contributed by atoms with E-state index in [1.807, 2.05) is 60.1 Å². The predicted molar refractivity (Wildman–Crippen MR) is 163 cm³/mol. The monoisotopic (exact) mass is 591 g/mol. The van der Waals surface area contributed by atoms with Crippen LogP contribution in [0, 0.1) is 6.92 Å². The Labute approximate surface area is 248 Å². The molecule has 1 aliphatic heterocycles. The molecule has 2 aromatic carbocycles. The molecule has 0 spiro atoms. The number of anilines is 1. The Balaban J connectivity index is 1.43. The zero-order valence-electron chi connectivity index (χ0n) is 22.9. The van der Waals surface area contributed by atoms with Crippen LogP contribution in [0.15, 0.2) is 84.1 Å². The van der Waals surface area contributed by atoms with Crippen LogP contribution in [0.3, 0.4) is 0 Å². The number of hydrogen-bond donors (Lipinski definition) is 2. The Morgan fingerprint density at radius 1 is 1.22 bits per heavy atom. The SMILES string of the molecule is C=CC(=CC=C(C)Cl)OC(=O)N1CCc2c([nH]c3ccc(Cl)cc23)C1c1ccc(OCCn2nc(N)cc2C)cc1. The number of carbonyl (C=O) groups excluding carboxylic acids is 1. The van der Waals surface area contributed by atoms with Crippen LogP contribution in [0.1, 0.15) is 35.5 Å². The Bertz CT molecular complexity index is 1650. The molecule has 0 aliphatic carbocycles. The number of carbonyl (C=O) groups is 1. The summed E-state index contributed by atoms with van der Waals surface area (Å²) in [6, 6.07) is 14.9. The van der Waals surface area contributed by atoms with E-state index in [2.05, 4.69) is 16.7 Å². The number of aromatic nitrogens is 3. The van der Waals surface area contributed by atoms with Crippen molar-refractivity contribution in [1.82, 2.24) is 19.7 Å². The van der Waals surface area contributed by atoms with Gasteiger partial charge in [-0.15, -0.1) is 0 Å². The molecule has 5 rings (SSSR count). The number of rotatable bonds is 8. The number of benzene rings is 2. The molecular weight excluding hydrogens is 561 g/mol. The van der Waals surface area contributed by atoms with Crippen molar-refractivity contribution in [1.29, 1.82) is 0 Å². The van der Waals surface area contributed by atoms with Crippen molar-refractivity contribution in [3.8, 4) is 5.75 Å². The first-order valence-corrected chi connectivity index (χ1v) is 14.0. The number of nitrogen functional groups attached to an aromatic ring is 1. The first-order valence-electron chi connectivity index (χ1n) is 13.2. The van der Waals surface area contributed by atoms with E-state index in [1.54, 1.807) is 24.0 Å². The fraction of sp³-hybridized carbons (Fsp3) is 0.226. The molecule has 0 bridgehead atoms. The lowest BCUT2D eigenvalue weighted by molar-refractivity contribution is 0.115. The van der Waals surface area contributed by atoms with Crippen LogP contribution in [-0.2, 0) is 17.7 Å². The molecular formula is C31H31Cl2N5O3. The molecule has 0 saturated heterocycles. The fourth-order valence-corrected chi connectivity index (χ4v) is 5.30. The van der Waals surface area contributed by atoms with Gasteiger partial charge in [-0.1, -0.05) is 41.9 Å². The van der Waals surface area contributed by atoms with Gasteiger partial charge >= 0.3 is 6.09 Å². The molecule has 2 aromatic heterocycles. The highest BCUT2D eigenvalue weighted by atomic mass is 35.5. The zero-order valence-corrected chi connectivity index (χ0v) is 24.4. The summed E-state index contributed by atoms with van der Waals surface area (Å²) in [5, 5.41) is 6.54. The first-order chi connectivity index (χ1) is 19.7. The number of hydrogen-bond acceptors (Lipinski definition) is 5. The van der Waals surface area contributed by atoms with Crippen LogP contribution in [0.4, 0.5) is 10.6 Å². The van der Waals surface area contributed by atoms with Crippen LogP contribution in [0.2, 0.25) is 5.02 Å². The molecule has 3 heterocycles. The summed E-state index contributed by atoms with van der Waals surface area (Å²) < 4.78 is 13.5. The number of fused-ring (bicyclic) bond motifs is 3. The highest BCUT2D eigenvalue weighted by Crippen LogP contribution is 2.40. The van der Waals surface area contributed by atoms with Gasteiger partial charge in [0.15, 0.2) is 0 Å². The number of nitrogens with one attached hydrogen (secondary N) is 1. The lowest BCUT2D eigenvalue weighted by Crippen LogP contribution is -2.40. The van der Waals surface area contributed by atoms with Crippen molar-refractivity contribution in [3.63, 3.8) is 0 Å². The Hall–Kier alpha value is -4.14. The largest absolute Gasteiger partial charge is 0.492 e. The number of ether oxygens (including phenoxy) is 2. The van der Waals surface area contributed by atoms with E-state index in [0.29, 0.717) is 53.5 Å². The second-order valence-corrected chi connectivity index (χ2v) is 10.8. The highest BCUT2D eigenvalue weighted by Gasteiger charge is 2.35.